The maximum absolute atomic E-state index is 12.8. The fourth-order valence-electron chi connectivity index (χ4n) is 3.15. The van der Waals surface area contributed by atoms with Crippen LogP contribution < -0.4 is 0 Å². The molecule has 0 radical (unpaired) electrons. The largest absolute Gasteiger partial charge is 0.282 e. The molecule has 0 aliphatic heterocycles. The molecule has 0 aliphatic rings. The van der Waals surface area contributed by atoms with E-state index in [2.05, 4.69) is 56.3 Å². The van der Waals surface area contributed by atoms with Gasteiger partial charge in [-0.05, 0) is 71.9 Å². The van der Waals surface area contributed by atoms with Crippen molar-refractivity contribution in [2.45, 2.75) is 23.7 Å². The summed E-state index contributed by atoms with van der Waals surface area (Å²) in [5.74, 6) is 1.70. The highest BCUT2D eigenvalue weighted by molar-refractivity contribution is 9.08. The number of hydrogen-bond acceptors (Lipinski definition) is 7. The minimum atomic E-state index is -0.226. The van der Waals surface area contributed by atoms with E-state index >= 15 is 0 Å². The monoisotopic (exact) mass is 668 g/mol. The fourth-order valence-corrected chi connectivity index (χ4v) is 4.42. The van der Waals surface area contributed by atoms with E-state index in [-0.39, 0.29) is 19.1 Å². The number of aromatic nitrogens is 8. The number of pyridine rings is 2. The molecule has 0 aliphatic carbocycles. The number of thioether (sulfide) groups is 1. The topological polar surface area (TPSA) is 112 Å². The third-order valence-corrected chi connectivity index (χ3v) is 6.94. The summed E-state index contributed by atoms with van der Waals surface area (Å²) in [7, 11) is 0. The number of hydrogen-bond donors (Lipinski definition) is 3. The quantitative estimate of drug-likeness (QED) is 0.0932. The lowest BCUT2D eigenvalue weighted by Crippen LogP contribution is -1.83. The molecule has 6 aromatic rings. The van der Waals surface area contributed by atoms with E-state index < -0.39 is 0 Å². The average Bonchev–Trinajstić information content (AvgIpc) is 3.68. The highest BCUT2D eigenvalue weighted by Gasteiger charge is 2.06. The van der Waals surface area contributed by atoms with Crippen LogP contribution in [0, 0.1) is 16.4 Å². The summed E-state index contributed by atoms with van der Waals surface area (Å²) in [6, 6.07) is 20.4. The predicted octanol–water partition coefficient (Wildman–Crippen LogP) is 8.18. The van der Waals surface area contributed by atoms with E-state index in [1.807, 2.05) is 24.3 Å². The Hall–Kier alpha value is -4.07. The van der Waals surface area contributed by atoms with Crippen LogP contribution in [0.2, 0.25) is 0 Å². The molecule has 42 heavy (non-hydrogen) atoms. The lowest BCUT2D eigenvalue weighted by atomic mass is 10.2. The standard InChI is InChI=1S/C14H11FN4S.C7H6BrF.C7H6N4S.CH4/c15-12-5-3-10(4-6-12)9-20-14-17-13(18-19-14)11-2-1-7-16-8-11;8-5-6-1-3-7(9)4-2-6;12-7-9-6(10-11-7)5-2-1-3-8-4-5;/h1-8H,9H2,(H,17,18,19);1-4H,5H2;1-4H,(H2,9,10,11,12);1H4. The van der Waals surface area contributed by atoms with Crippen LogP contribution in [0.5, 0.6) is 0 Å². The zero-order valence-corrected chi connectivity index (χ0v) is 24.6. The van der Waals surface area contributed by atoms with Crippen molar-refractivity contribution in [3.05, 3.63) is 125 Å². The highest BCUT2D eigenvalue weighted by Crippen LogP contribution is 2.22. The van der Waals surface area contributed by atoms with Crippen molar-refractivity contribution in [1.82, 2.24) is 40.3 Å². The van der Waals surface area contributed by atoms with Gasteiger partial charge in [0.15, 0.2) is 11.6 Å². The summed E-state index contributed by atoms with van der Waals surface area (Å²) in [4.78, 5) is 16.4. The maximum atomic E-state index is 12.8. The Balaban J connectivity index is 0.000000188. The minimum Gasteiger partial charge on any atom is -0.282 e. The second kappa shape index (κ2) is 17.0. The van der Waals surface area contributed by atoms with E-state index in [1.54, 1.807) is 49.1 Å². The zero-order chi connectivity index (χ0) is 28.9. The Morgan fingerprint density at radius 2 is 1.31 bits per heavy atom. The van der Waals surface area contributed by atoms with Crippen LogP contribution in [0.25, 0.3) is 22.8 Å². The number of benzene rings is 2. The Morgan fingerprint density at radius 3 is 1.81 bits per heavy atom. The molecule has 0 saturated heterocycles. The van der Waals surface area contributed by atoms with Crippen LogP contribution in [-0.2, 0) is 11.1 Å². The lowest BCUT2D eigenvalue weighted by Gasteiger charge is -1.97. The Morgan fingerprint density at radius 1 is 0.738 bits per heavy atom. The molecule has 0 bridgehead atoms. The van der Waals surface area contributed by atoms with Crippen molar-refractivity contribution in [2.75, 3.05) is 0 Å². The maximum Gasteiger partial charge on any atom is 0.213 e. The van der Waals surface area contributed by atoms with Gasteiger partial charge in [0.1, 0.15) is 11.6 Å². The van der Waals surface area contributed by atoms with Gasteiger partial charge in [-0.15, -0.1) is 5.10 Å². The van der Waals surface area contributed by atoms with Gasteiger partial charge in [0.2, 0.25) is 9.93 Å². The molecular formula is C29H27BrF2N8S2. The molecule has 4 heterocycles. The molecule has 0 atom stereocenters. The van der Waals surface area contributed by atoms with E-state index in [0.717, 1.165) is 27.6 Å². The molecule has 0 unspecified atom stereocenters. The van der Waals surface area contributed by atoms with Crippen molar-refractivity contribution in [3.63, 3.8) is 0 Å². The zero-order valence-electron chi connectivity index (χ0n) is 21.3. The van der Waals surface area contributed by atoms with Crippen LogP contribution in [0.3, 0.4) is 0 Å². The average molecular weight is 670 g/mol. The lowest BCUT2D eigenvalue weighted by molar-refractivity contribution is 0.627. The van der Waals surface area contributed by atoms with Gasteiger partial charge in [-0.1, -0.05) is 59.4 Å². The van der Waals surface area contributed by atoms with Crippen LogP contribution in [-0.4, -0.2) is 40.3 Å². The van der Waals surface area contributed by atoms with Gasteiger partial charge in [0.25, 0.3) is 0 Å². The first kappa shape index (κ1) is 32.4. The predicted molar refractivity (Wildman–Crippen MR) is 168 cm³/mol. The normalized spacial score (nSPS) is 9.98. The van der Waals surface area contributed by atoms with E-state index in [0.29, 0.717) is 27.3 Å². The molecule has 3 N–H and O–H groups in total. The van der Waals surface area contributed by atoms with E-state index in [4.69, 9.17) is 12.2 Å². The second-order valence-electron chi connectivity index (χ2n) is 8.14. The summed E-state index contributed by atoms with van der Waals surface area (Å²) in [5, 5.41) is 14.0. The SMILES string of the molecule is C.Fc1ccc(CBr)cc1.Fc1ccc(CSc2n[nH]c(-c3cccnc3)n2)cc1.S=c1nc(-c2cccnc2)[nH][nH]1. The van der Waals surface area contributed by atoms with Gasteiger partial charge in [0.05, 0.1) is 0 Å². The molecule has 0 saturated carbocycles. The molecule has 2 aromatic carbocycles. The van der Waals surface area contributed by atoms with E-state index in [9.17, 15) is 8.78 Å². The van der Waals surface area contributed by atoms with Crippen LogP contribution in [0.15, 0.2) is 103 Å². The number of halogens is 3. The van der Waals surface area contributed by atoms with Crippen molar-refractivity contribution < 1.29 is 8.78 Å². The van der Waals surface area contributed by atoms with Gasteiger partial charge in [0, 0.05) is 47.0 Å². The molecular weight excluding hydrogens is 642 g/mol. The molecule has 0 spiro atoms. The summed E-state index contributed by atoms with van der Waals surface area (Å²) in [5.41, 5.74) is 3.94. The number of H-pyrrole nitrogens is 3. The van der Waals surface area contributed by atoms with Gasteiger partial charge in [-0.2, -0.15) is 4.98 Å². The van der Waals surface area contributed by atoms with Gasteiger partial charge in [-0.25, -0.2) is 13.8 Å². The summed E-state index contributed by atoms with van der Waals surface area (Å²) >= 11 is 9.57. The first-order chi connectivity index (χ1) is 20.0. The Labute approximate surface area is 259 Å². The molecule has 8 nitrogen and oxygen atoms in total. The number of nitrogens with zero attached hydrogens (tertiary/aromatic N) is 5. The summed E-state index contributed by atoms with van der Waals surface area (Å²) < 4.78 is 25.5. The molecule has 216 valence electrons. The third-order valence-electron chi connectivity index (χ3n) is 5.18. The van der Waals surface area contributed by atoms with Crippen molar-refractivity contribution >= 4 is 39.9 Å². The second-order valence-corrected chi connectivity index (χ2v) is 10.0. The van der Waals surface area contributed by atoms with Crippen LogP contribution in [0.1, 0.15) is 18.6 Å². The number of alkyl halides is 1. The molecule has 4 aromatic heterocycles. The molecule has 0 amide bonds. The van der Waals surface area contributed by atoms with Crippen molar-refractivity contribution in [2.24, 2.45) is 0 Å². The third kappa shape index (κ3) is 10.4. The van der Waals surface area contributed by atoms with Gasteiger partial charge < -0.3 is 0 Å². The number of nitrogens with one attached hydrogen (secondary N) is 3. The Kier molecular flexibility index (Phi) is 13.1. The van der Waals surface area contributed by atoms with Gasteiger partial charge >= 0.3 is 0 Å². The number of rotatable bonds is 6. The minimum absolute atomic E-state index is 0. The van der Waals surface area contributed by atoms with Crippen molar-refractivity contribution in [1.29, 1.82) is 0 Å². The van der Waals surface area contributed by atoms with E-state index in [1.165, 1.54) is 36.0 Å². The highest BCUT2D eigenvalue weighted by atomic mass is 79.9. The smallest absolute Gasteiger partial charge is 0.213 e. The first-order valence-corrected chi connectivity index (χ1v) is 14.6. The Bertz CT molecular complexity index is 1660. The van der Waals surface area contributed by atoms with Crippen LogP contribution in [0.4, 0.5) is 8.78 Å². The van der Waals surface area contributed by atoms with Crippen LogP contribution >= 0.6 is 39.9 Å². The number of aromatic amines is 3. The fraction of sp³-hybridized carbons (Fsp3) is 0.103. The molecule has 0 fully saturated rings. The first-order valence-electron chi connectivity index (χ1n) is 12.1. The van der Waals surface area contributed by atoms with Gasteiger partial charge in [-0.3, -0.25) is 25.3 Å². The summed E-state index contributed by atoms with van der Waals surface area (Å²) in [6.45, 7) is 0. The van der Waals surface area contributed by atoms with Crippen molar-refractivity contribution in [3.8, 4) is 22.8 Å². The molecule has 6 rings (SSSR count). The summed E-state index contributed by atoms with van der Waals surface area (Å²) in [6.07, 6.45) is 6.88. The molecule has 13 heteroatoms.